The lowest BCUT2D eigenvalue weighted by molar-refractivity contribution is 0.0783. The van der Waals surface area contributed by atoms with Crippen LogP contribution in [0.3, 0.4) is 0 Å². The molecule has 0 aliphatic heterocycles. The minimum Gasteiger partial charge on any atom is -0.386 e. The number of anilines is 1. The first kappa shape index (κ1) is 19.1. The van der Waals surface area contributed by atoms with Gasteiger partial charge < -0.3 is 10.4 Å². The fraction of sp³-hybridized carbons (Fsp3) is 0.400. The van der Waals surface area contributed by atoms with Gasteiger partial charge in [0, 0.05) is 6.20 Å². The number of halogens is 1. The summed E-state index contributed by atoms with van der Waals surface area (Å²) >= 11 is 0. The quantitative estimate of drug-likeness (QED) is 0.872. The molecule has 1 aromatic carbocycles. The van der Waals surface area contributed by atoms with Crippen LogP contribution in [0.25, 0.3) is 0 Å². The standard InChI is InChI=1S/C20H25FN2O2/c1-12-9-15(21)16(11-14(12)19(2,3)4)23-18(24)17-10-13(7-8-22-17)20(5,6)25/h7-11,25H,1-6H3,(H,23,24). The SMILES string of the molecule is Cc1cc(F)c(NC(=O)c2cc(C(C)(C)O)ccn2)cc1C(C)(C)C. The number of carbonyl (C=O) groups excluding carboxylic acids is 1. The van der Waals surface area contributed by atoms with Gasteiger partial charge in [-0.3, -0.25) is 9.78 Å². The third-order valence-electron chi connectivity index (χ3n) is 4.07. The van der Waals surface area contributed by atoms with Crippen LogP contribution >= 0.6 is 0 Å². The number of nitrogens with zero attached hydrogens (tertiary/aromatic N) is 1. The Labute approximate surface area is 148 Å². The summed E-state index contributed by atoms with van der Waals surface area (Å²) in [5, 5.41) is 12.7. The molecular weight excluding hydrogens is 319 g/mol. The van der Waals surface area contributed by atoms with Crippen molar-refractivity contribution in [2.75, 3.05) is 5.32 Å². The predicted molar refractivity (Wildman–Crippen MR) is 97.3 cm³/mol. The molecule has 1 aromatic heterocycles. The van der Waals surface area contributed by atoms with Crippen molar-refractivity contribution in [2.24, 2.45) is 0 Å². The molecule has 0 spiro atoms. The molecule has 0 saturated carbocycles. The zero-order chi connectivity index (χ0) is 19.0. The maximum Gasteiger partial charge on any atom is 0.274 e. The normalized spacial score (nSPS) is 12.2. The number of rotatable bonds is 3. The summed E-state index contributed by atoms with van der Waals surface area (Å²) in [7, 11) is 0. The number of hydrogen-bond acceptors (Lipinski definition) is 3. The highest BCUT2D eigenvalue weighted by atomic mass is 19.1. The van der Waals surface area contributed by atoms with Gasteiger partial charge in [0.15, 0.2) is 0 Å². The highest BCUT2D eigenvalue weighted by Gasteiger charge is 2.21. The van der Waals surface area contributed by atoms with Gasteiger partial charge in [0.1, 0.15) is 11.5 Å². The Morgan fingerprint density at radius 1 is 1.16 bits per heavy atom. The summed E-state index contributed by atoms with van der Waals surface area (Å²) in [6.45, 7) is 11.2. The van der Waals surface area contributed by atoms with E-state index in [0.717, 1.165) is 11.1 Å². The number of carbonyl (C=O) groups is 1. The van der Waals surface area contributed by atoms with E-state index in [0.29, 0.717) is 5.56 Å². The van der Waals surface area contributed by atoms with Gasteiger partial charge >= 0.3 is 0 Å². The summed E-state index contributed by atoms with van der Waals surface area (Å²) in [5.74, 6) is -1.01. The molecule has 5 heteroatoms. The summed E-state index contributed by atoms with van der Waals surface area (Å²) < 4.78 is 14.3. The maximum atomic E-state index is 14.3. The van der Waals surface area contributed by atoms with E-state index < -0.39 is 17.3 Å². The first-order valence-electron chi connectivity index (χ1n) is 8.20. The van der Waals surface area contributed by atoms with Crippen molar-refractivity contribution in [3.63, 3.8) is 0 Å². The molecule has 0 aliphatic rings. The van der Waals surface area contributed by atoms with Crippen LogP contribution in [0.15, 0.2) is 30.5 Å². The van der Waals surface area contributed by atoms with E-state index in [-0.39, 0.29) is 16.8 Å². The molecule has 0 aliphatic carbocycles. The number of benzene rings is 1. The van der Waals surface area contributed by atoms with Gasteiger partial charge in [0.05, 0.1) is 11.3 Å². The average molecular weight is 344 g/mol. The molecule has 4 nitrogen and oxygen atoms in total. The Kier molecular flexibility index (Phi) is 5.00. The monoisotopic (exact) mass is 344 g/mol. The van der Waals surface area contributed by atoms with Crippen LogP contribution in [-0.2, 0) is 11.0 Å². The van der Waals surface area contributed by atoms with Crippen molar-refractivity contribution in [2.45, 2.75) is 52.6 Å². The third-order valence-corrected chi connectivity index (χ3v) is 4.07. The van der Waals surface area contributed by atoms with Crippen LogP contribution in [0.4, 0.5) is 10.1 Å². The lowest BCUT2D eigenvalue weighted by Gasteiger charge is -2.23. The van der Waals surface area contributed by atoms with Crippen molar-refractivity contribution in [3.8, 4) is 0 Å². The number of aliphatic hydroxyl groups is 1. The minimum atomic E-state index is -1.09. The molecule has 0 unspecified atom stereocenters. The molecule has 2 N–H and O–H groups in total. The maximum absolute atomic E-state index is 14.3. The van der Waals surface area contributed by atoms with E-state index in [1.165, 1.54) is 18.3 Å². The second kappa shape index (κ2) is 6.56. The van der Waals surface area contributed by atoms with E-state index in [1.807, 2.05) is 27.7 Å². The first-order chi connectivity index (χ1) is 11.4. The van der Waals surface area contributed by atoms with E-state index in [9.17, 15) is 14.3 Å². The fourth-order valence-electron chi connectivity index (χ4n) is 2.70. The molecule has 134 valence electrons. The van der Waals surface area contributed by atoms with Crippen LogP contribution in [0.2, 0.25) is 0 Å². The Balaban J connectivity index is 2.36. The number of hydrogen-bond donors (Lipinski definition) is 2. The summed E-state index contributed by atoms with van der Waals surface area (Å²) in [4.78, 5) is 16.5. The Morgan fingerprint density at radius 3 is 2.36 bits per heavy atom. The van der Waals surface area contributed by atoms with Gasteiger partial charge in [0.2, 0.25) is 0 Å². The second-order valence-electron chi connectivity index (χ2n) is 7.84. The number of pyridine rings is 1. The highest BCUT2D eigenvalue weighted by Crippen LogP contribution is 2.30. The average Bonchev–Trinajstić information content (AvgIpc) is 2.48. The van der Waals surface area contributed by atoms with Crippen molar-refractivity contribution < 1.29 is 14.3 Å². The number of aryl methyl sites for hydroxylation is 1. The van der Waals surface area contributed by atoms with E-state index >= 15 is 0 Å². The lowest BCUT2D eigenvalue weighted by Crippen LogP contribution is -2.20. The van der Waals surface area contributed by atoms with Crippen LogP contribution in [-0.4, -0.2) is 16.0 Å². The number of amides is 1. The molecular formula is C20H25FN2O2. The largest absolute Gasteiger partial charge is 0.386 e. The smallest absolute Gasteiger partial charge is 0.274 e. The summed E-state index contributed by atoms with van der Waals surface area (Å²) in [6, 6.07) is 6.24. The lowest BCUT2D eigenvalue weighted by atomic mass is 9.84. The number of aromatic nitrogens is 1. The van der Waals surface area contributed by atoms with Crippen LogP contribution in [0.5, 0.6) is 0 Å². The molecule has 1 heterocycles. The highest BCUT2D eigenvalue weighted by molar-refractivity contribution is 6.03. The minimum absolute atomic E-state index is 0.121. The number of nitrogens with one attached hydrogen (secondary N) is 1. The predicted octanol–water partition coefficient (Wildman–Crippen LogP) is 4.31. The van der Waals surface area contributed by atoms with Gasteiger partial charge in [-0.15, -0.1) is 0 Å². The van der Waals surface area contributed by atoms with E-state index in [1.54, 1.807) is 26.0 Å². The Bertz CT molecular complexity index is 802. The van der Waals surface area contributed by atoms with Gasteiger partial charge in [0.25, 0.3) is 5.91 Å². The molecule has 0 atom stereocenters. The fourth-order valence-corrected chi connectivity index (χ4v) is 2.70. The zero-order valence-electron chi connectivity index (χ0n) is 15.6. The van der Waals surface area contributed by atoms with Gasteiger partial charge in [-0.05, 0) is 67.1 Å². The van der Waals surface area contributed by atoms with Crippen LogP contribution < -0.4 is 5.32 Å². The first-order valence-corrected chi connectivity index (χ1v) is 8.20. The van der Waals surface area contributed by atoms with Crippen molar-refractivity contribution in [1.29, 1.82) is 0 Å². The van der Waals surface area contributed by atoms with Crippen molar-refractivity contribution in [3.05, 3.63) is 58.7 Å². The molecule has 2 rings (SSSR count). The summed E-state index contributed by atoms with van der Waals surface area (Å²) in [5.41, 5.74) is 1.34. The molecule has 25 heavy (non-hydrogen) atoms. The van der Waals surface area contributed by atoms with Gasteiger partial charge in [-0.1, -0.05) is 20.8 Å². The zero-order valence-corrected chi connectivity index (χ0v) is 15.6. The Hall–Kier alpha value is -2.27. The van der Waals surface area contributed by atoms with Gasteiger partial charge in [-0.2, -0.15) is 0 Å². The second-order valence-corrected chi connectivity index (χ2v) is 7.84. The molecule has 0 fully saturated rings. The van der Waals surface area contributed by atoms with Crippen LogP contribution in [0, 0.1) is 12.7 Å². The van der Waals surface area contributed by atoms with Crippen molar-refractivity contribution in [1.82, 2.24) is 4.98 Å². The third kappa shape index (κ3) is 4.42. The molecule has 0 radical (unpaired) electrons. The van der Waals surface area contributed by atoms with E-state index in [4.69, 9.17) is 0 Å². The topological polar surface area (TPSA) is 62.2 Å². The van der Waals surface area contributed by atoms with E-state index in [2.05, 4.69) is 10.3 Å². The van der Waals surface area contributed by atoms with Gasteiger partial charge in [-0.25, -0.2) is 4.39 Å². The van der Waals surface area contributed by atoms with Crippen molar-refractivity contribution >= 4 is 11.6 Å². The molecule has 0 saturated heterocycles. The van der Waals surface area contributed by atoms with Crippen LogP contribution in [0.1, 0.15) is 61.8 Å². The molecule has 1 amide bonds. The Morgan fingerprint density at radius 2 is 1.80 bits per heavy atom. The molecule has 0 bridgehead atoms. The molecule has 2 aromatic rings. The summed E-state index contributed by atoms with van der Waals surface area (Å²) in [6.07, 6.45) is 1.45.